The van der Waals surface area contributed by atoms with Crippen molar-refractivity contribution in [3.8, 4) is 0 Å². The molecule has 0 saturated heterocycles. The Morgan fingerprint density at radius 1 is 0.968 bits per heavy atom. The van der Waals surface area contributed by atoms with Crippen LogP contribution in [0.4, 0.5) is 4.79 Å². The van der Waals surface area contributed by atoms with Crippen LogP contribution in [0.25, 0.3) is 0 Å². The monoisotopic (exact) mass is 435 g/mol. The van der Waals surface area contributed by atoms with Crippen molar-refractivity contribution in [1.29, 1.82) is 0 Å². The lowest BCUT2D eigenvalue weighted by atomic mass is 10.1. The van der Waals surface area contributed by atoms with Crippen LogP contribution in [0.15, 0.2) is 30.3 Å². The van der Waals surface area contributed by atoms with Crippen molar-refractivity contribution in [3.05, 3.63) is 35.9 Å². The Morgan fingerprint density at radius 2 is 1.61 bits per heavy atom. The van der Waals surface area contributed by atoms with Gasteiger partial charge in [0.1, 0.15) is 0 Å². The van der Waals surface area contributed by atoms with Crippen molar-refractivity contribution in [2.75, 3.05) is 47.4 Å². The minimum absolute atomic E-state index is 0.185. The summed E-state index contributed by atoms with van der Waals surface area (Å²) in [6.07, 6.45) is 7.18. The van der Waals surface area contributed by atoms with Crippen molar-refractivity contribution in [2.24, 2.45) is 0 Å². The number of benzene rings is 1. The number of rotatable bonds is 17. The Morgan fingerprint density at radius 3 is 2.26 bits per heavy atom. The third kappa shape index (κ3) is 16.3. The molecule has 176 valence electrons. The van der Waals surface area contributed by atoms with Gasteiger partial charge in [0, 0.05) is 32.1 Å². The van der Waals surface area contributed by atoms with Crippen LogP contribution in [0.3, 0.4) is 0 Å². The van der Waals surface area contributed by atoms with Gasteiger partial charge in [-0.3, -0.25) is 0 Å². The van der Waals surface area contributed by atoms with E-state index in [2.05, 4.69) is 34.9 Å². The number of hydrogen-bond acceptors (Lipinski definition) is 4. The molecule has 0 aliphatic carbocycles. The highest BCUT2D eigenvalue weighted by Gasteiger charge is 2.20. The molecule has 0 unspecified atom stereocenters. The van der Waals surface area contributed by atoms with Crippen molar-refractivity contribution in [2.45, 2.75) is 57.4 Å². The first kappa shape index (κ1) is 26.9. The summed E-state index contributed by atoms with van der Waals surface area (Å²) in [5, 5.41) is 16.4. The van der Waals surface area contributed by atoms with E-state index in [-0.39, 0.29) is 12.5 Å². The molecule has 1 atom stereocenters. The normalized spacial score (nSPS) is 12.4. The minimum Gasteiger partial charge on any atom is -0.550 e. The number of ether oxygens (including phenoxy) is 1. The summed E-state index contributed by atoms with van der Waals surface area (Å²) in [5.41, 5.74) is 1.38. The number of unbranched alkanes of at least 4 members (excludes halogenated alkanes) is 4. The summed E-state index contributed by atoms with van der Waals surface area (Å²) in [4.78, 5) is 22.9. The van der Waals surface area contributed by atoms with E-state index < -0.39 is 12.0 Å². The van der Waals surface area contributed by atoms with Gasteiger partial charge in [0.2, 0.25) is 0 Å². The van der Waals surface area contributed by atoms with Crippen LogP contribution >= 0.6 is 0 Å². The lowest BCUT2D eigenvalue weighted by molar-refractivity contribution is -0.871. The van der Waals surface area contributed by atoms with E-state index in [1.807, 2.05) is 27.2 Å². The van der Waals surface area contributed by atoms with Crippen LogP contribution in [-0.2, 0) is 16.0 Å². The zero-order chi connectivity index (χ0) is 23.0. The Hall–Kier alpha value is -2.12. The molecule has 0 heterocycles. The molecule has 0 bridgehead atoms. The highest BCUT2D eigenvalue weighted by atomic mass is 16.5. The standard InChI is InChI=1S/C24H41N3O4/c1-27(2,3)20-22(19-23(28)29)26-24(30)25-16-10-4-5-11-17-31-18-12-9-15-21-13-7-6-8-14-21/h6-8,13-14,22H,4-5,9-12,15-20H2,1-3H3,(H2-,25,26,28,29,30)/t22-/m1/s1. The van der Waals surface area contributed by atoms with Crippen LogP contribution in [0.2, 0.25) is 0 Å². The number of likely N-dealkylation sites (N-methyl/N-ethyl adjacent to an activating group) is 1. The largest absolute Gasteiger partial charge is 0.550 e. The van der Waals surface area contributed by atoms with Gasteiger partial charge in [0.25, 0.3) is 0 Å². The van der Waals surface area contributed by atoms with Crippen LogP contribution in [0.1, 0.15) is 50.5 Å². The third-order valence-electron chi connectivity index (χ3n) is 4.86. The number of aryl methyl sites for hydroxylation is 1. The maximum absolute atomic E-state index is 12.0. The number of nitrogens with zero attached hydrogens (tertiary/aromatic N) is 1. The zero-order valence-corrected chi connectivity index (χ0v) is 19.5. The molecule has 0 saturated carbocycles. The predicted molar refractivity (Wildman–Crippen MR) is 122 cm³/mol. The van der Waals surface area contributed by atoms with Crippen LogP contribution < -0.4 is 15.7 Å². The fraction of sp³-hybridized carbons (Fsp3) is 0.667. The molecule has 0 aromatic heterocycles. The van der Waals surface area contributed by atoms with E-state index >= 15 is 0 Å². The molecule has 2 amide bonds. The molecule has 1 aromatic rings. The zero-order valence-electron chi connectivity index (χ0n) is 19.5. The van der Waals surface area contributed by atoms with Crippen LogP contribution in [-0.4, -0.2) is 70.0 Å². The molecule has 0 radical (unpaired) electrons. The summed E-state index contributed by atoms with van der Waals surface area (Å²) >= 11 is 0. The van der Waals surface area contributed by atoms with Crippen molar-refractivity contribution < 1.29 is 23.9 Å². The molecule has 7 nitrogen and oxygen atoms in total. The molecular formula is C24H41N3O4. The van der Waals surface area contributed by atoms with Crippen molar-refractivity contribution in [3.63, 3.8) is 0 Å². The first-order chi connectivity index (χ1) is 14.8. The Bertz CT molecular complexity index is 617. The topological polar surface area (TPSA) is 90.5 Å². The number of carboxylic acids is 1. The van der Waals surface area contributed by atoms with E-state index in [1.54, 1.807) is 0 Å². The molecular weight excluding hydrogens is 394 g/mol. The third-order valence-corrected chi connectivity index (χ3v) is 4.86. The number of quaternary nitrogens is 1. The summed E-state index contributed by atoms with van der Waals surface area (Å²) in [7, 11) is 5.86. The summed E-state index contributed by atoms with van der Waals surface area (Å²) in [6.45, 7) is 2.70. The predicted octanol–water partition coefficient (Wildman–Crippen LogP) is 2.10. The smallest absolute Gasteiger partial charge is 0.315 e. The van der Waals surface area contributed by atoms with Gasteiger partial charge >= 0.3 is 6.03 Å². The summed E-state index contributed by atoms with van der Waals surface area (Å²) < 4.78 is 6.26. The number of amides is 2. The average molecular weight is 436 g/mol. The van der Waals surface area contributed by atoms with E-state index in [0.29, 0.717) is 17.6 Å². The highest BCUT2D eigenvalue weighted by Crippen LogP contribution is 2.05. The molecule has 0 fully saturated rings. The van der Waals surface area contributed by atoms with Gasteiger partial charge in [0.15, 0.2) is 0 Å². The van der Waals surface area contributed by atoms with Gasteiger partial charge in [-0.25, -0.2) is 4.79 Å². The van der Waals surface area contributed by atoms with E-state index in [4.69, 9.17) is 4.74 Å². The van der Waals surface area contributed by atoms with Crippen molar-refractivity contribution >= 4 is 12.0 Å². The number of urea groups is 1. The van der Waals surface area contributed by atoms with Crippen LogP contribution in [0.5, 0.6) is 0 Å². The quantitative estimate of drug-likeness (QED) is 0.290. The molecule has 1 rings (SSSR count). The van der Waals surface area contributed by atoms with Crippen molar-refractivity contribution in [1.82, 2.24) is 10.6 Å². The van der Waals surface area contributed by atoms with Gasteiger partial charge < -0.3 is 29.8 Å². The molecule has 1 aromatic carbocycles. The van der Waals surface area contributed by atoms with Gasteiger partial charge in [0.05, 0.1) is 33.7 Å². The number of nitrogens with one attached hydrogen (secondary N) is 2. The highest BCUT2D eigenvalue weighted by molar-refractivity contribution is 5.75. The number of aliphatic carboxylic acids is 1. The molecule has 0 spiro atoms. The number of carbonyl (C=O) groups is 2. The number of hydrogen-bond donors (Lipinski definition) is 2. The maximum atomic E-state index is 12.0. The molecule has 7 heteroatoms. The Kier molecular flexibility index (Phi) is 13.6. The fourth-order valence-corrected chi connectivity index (χ4v) is 3.42. The first-order valence-corrected chi connectivity index (χ1v) is 11.4. The van der Waals surface area contributed by atoms with Crippen LogP contribution in [0, 0.1) is 0 Å². The van der Waals surface area contributed by atoms with E-state index in [0.717, 1.165) is 58.2 Å². The lowest BCUT2D eigenvalue weighted by Crippen LogP contribution is -2.53. The average Bonchev–Trinajstić information content (AvgIpc) is 2.67. The second-order valence-corrected chi connectivity index (χ2v) is 9.12. The van der Waals surface area contributed by atoms with E-state index in [1.165, 1.54) is 5.56 Å². The Balaban J connectivity index is 1.96. The van der Waals surface area contributed by atoms with Gasteiger partial charge in [-0.2, -0.15) is 0 Å². The summed E-state index contributed by atoms with van der Waals surface area (Å²) in [6, 6.07) is 9.75. The SMILES string of the molecule is C[N+](C)(C)C[C@@H](CC(=O)[O-])NC(=O)NCCCCCCOCCCCc1ccccc1. The molecule has 2 N–H and O–H groups in total. The maximum Gasteiger partial charge on any atom is 0.315 e. The van der Waals surface area contributed by atoms with E-state index in [9.17, 15) is 14.7 Å². The number of carbonyl (C=O) groups excluding carboxylic acids is 2. The number of carboxylic acid groups (broad SMARTS) is 1. The fourth-order valence-electron chi connectivity index (χ4n) is 3.42. The second kappa shape index (κ2) is 15.6. The first-order valence-electron chi connectivity index (χ1n) is 11.4. The molecule has 0 aliphatic rings. The van der Waals surface area contributed by atoms with Gasteiger partial charge in [-0.1, -0.05) is 43.2 Å². The van der Waals surface area contributed by atoms with Gasteiger partial charge in [-0.15, -0.1) is 0 Å². The lowest BCUT2D eigenvalue weighted by Gasteiger charge is -2.30. The Labute approximate surface area is 187 Å². The van der Waals surface area contributed by atoms with Gasteiger partial charge in [-0.05, 0) is 37.7 Å². The molecule has 31 heavy (non-hydrogen) atoms. The second-order valence-electron chi connectivity index (χ2n) is 9.12. The summed E-state index contributed by atoms with van der Waals surface area (Å²) in [5.74, 6) is -1.16. The molecule has 0 aliphatic heterocycles. The minimum atomic E-state index is -1.16.